The molecule has 6 heteroatoms. The number of nitrogens with one attached hydrogen (secondary N) is 2. The van der Waals surface area contributed by atoms with Gasteiger partial charge in [0.2, 0.25) is 0 Å². The maximum absolute atomic E-state index is 12.1. The maximum Gasteiger partial charge on any atom is 0.289 e. The third kappa shape index (κ3) is 2.98. The summed E-state index contributed by atoms with van der Waals surface area (Å²) in [6.07, 6.45) is 1.53. The number of para-hydroxylation sites is 1. The van der Waals surface area contributed by atoms with Crippen LogP contribution in [0.25, 0.3) is 10.9 Å². The van der Waals surface area contributed by atoms with Gasteiger partial charge in [0, 0.05) is 15.9 Å². The summed E-state index contributed by atoms with van der Waals surface area (Å²) in [5.41, 5.74) is 4.37. The zero-order valence-electron chi connectivity index (χ0n) is 11.3. The topological polar surface area (TPSA) is 57.2 Å². The number of benzene rings is 2. The van der Waals surface area contributed by atoms with Crippen LogP contribution in [0.1, 0.15) is 16.1 Å². The van der Waals surface area contributed by atoms with Crippen LogP contribution >= 0.6 is 23.2 Å². The van der Waals surface area contributed by atoms with Gasteiger partial charge in [0.15, 0.2) is 0 Å². The minimum atomic E-state index is -0.397. The van der Waals surface area contributed by atoms with Crippen molar-refractivity contribution in [2.45, 2.75) is 0 Å². The van der Waals surface area contributed by atoms with Crippen LogP contribution in [-0.4, -0.2) is 17.1 Å². The molecule has 0 saturated heterocycles. The predicted octanol–water partition coefficient (Wildman–Crippen LogP) is 4.24. The van der Waals surface area contributed by atoms with Crippen molar-refractivity contribution in [3.05, 3.63) is 69.8 Å². The number of hydrogen-bond donors (Lipinski definition) is 2. The van der Waals surface area contributed by atoms with Gasteiger partial charge in [-0.15, -0.1) is 0 Å². The number of aromatic nitrogens is 1. The van der Waals surface area contributed by atoms with Crippen LogP contribution in [0.4, 0.5) is 0 Å². The van der Waals surface area contributed by atoms with Crippen molar-refractivity contribution in [1.82, 2.24) is 10.4 Å². The maximum atomic E-state index is 12.1. The van der Waals surface area contributed by atoms with Crippen molar-refractivity contribution in [2.75, 3.05) is 0 Å². The average Bonchev–Trinajstić information content (AvgIpc) is 2.87. The van der Waals surface area contributed by atoms with E-state index in [2.05, 4.69) is 15.5 Å². The number of fused-ring (bicyclic) bond motifs is 1. The molecule has 0 aliphatic rings. The van der Waals surface area contributed by atoms with Gasteiger partial charge in [-0.3, -0.25) is 4.79 Å². The molecule has 110 valence electrons. The van der Waals surface area contributed by atoms with E-state index >= 15 is 0 Å². The lowest BCUT2D eigenvalue weighted by Crippen LogP contribution is -2.18. The molecule has 0 unspecified atom stereocenters. The lowest BCUT2D eigenvalue weighted by Gasteiger charge is -1.98. The van der Waals surface area contributed by atoms with Gasteiger partial charge < -0.3 is 4.98 Å². The van der Waals surface area contributed by atoms with Crippen LogP contribution in [0, 0.1) is 0 Å². The zero-order chi connectivity index (χ0) is 15.5. The first-order valence-corrected chi connectivity index (χ1v) is 7.26. The Labute approximate surface area is 136 Å². The second-order valence-electron chi connectivity index (χ2n) is 4.61. The summed E-state index contributed by atoms with van der Waals surface area (Å²) in [5.74, 6) is -0.397. The Morgan fingerprint density at radius 1 is 1.09 bits per heavy atom. The highest BCUT2D eigenvalue weighted by Gasteiger charge is 2.15. The van der Waals surface area contributed by atoms with Crippen LogP contribution in [0.3, 0.4) is 0 Å². The van der Waals surface area contributed by atoms with E-state index < -0.39 is 5.91 Å². The number of rotatable bonds is 3. The Morgan fingerprint density at radius 3 is 2.55 bits per heavy atom. The Bertz CT molecular complexity index is 853. The Kier molecular flexibility index (Phi) is 4.13. The van der Waals surface area contributed by atoms with Gasteiger partial charge in [-0.2, -0.15) is 5.10 Å². The summed E-state index contributed by atoms with van der Waals surface area (Å²) in [5, 5.41) is 5.74. The highest BCUT2D eigenvalue weighted by atomic mass is 35.5. The SMILES string of the molecule is O=C(N/N=C/c1ccc(Cl)cc1)c1[nH]c2ccccc2c1Cl. The third-order valence-corrected chi connectivity index (χ3v) is 3.76. The van der Waals surface area contributed by atoms with Crippen molar-refractivity contribution in [1.29, 1.82) is 0 Å². The van der Waals surface area contributed by atoms with Gasteiger partial charge in [0.25, 0.3) is 5.91 Å². The van der Waals surface area contributed by atoms with Crippen molar-refractivity contribution in [2.24, 2.45) is 5.10 Å². The van der Waals surface area contributed by atoms with Crippen molar-refractivity contribution < 1.29 is 4.79 Å². The Balaban J connectivity index is 1.76. The largest absolute Gasteiger partial charge is 0.349 e. The average molecular weight is 332 g/mol. The molecule has 4 nitrogen and oxygen atoms in total. The van der Waals surface area contributed by atoms with Crippen LogP contribution < -0.4 is 5.43 Å². The molecule has 1 heterocycles. The molecule has 1 aromatic heterocycles. The third-order valence-electron chi connectivity index (χ3n) is 3.12. The number of carbonyl (C=O) groups excluding carboxylic acids is 1. The lowest BCUT2D eigenvalue weighted by atomic mass is 10.2. The van der Waals surface area contributed by atoms with E-state index in [1.807, 2.05) is 24.3 Å². The van der Waals surface area contributed by atoms with Gasteiger partial charge in [-0.05, 0) is 23.8 Å². The molecule has 0 aliphatic heterocycles. The van der Waals surface area contributed by atoms with E-state index in [1.165, 1.54) is 6.21 Å². The van der Waals surface area contributed by atoms with Gasteiger partial charge in [-0.1, -0.05) is 53.5 Å². The monoisotopic (exact) mass is 331 g/mol. The van der Waals surface area contributed by atoms with E-state index in [9.17, 15) is 4.79 Å². The first kappa shape index (κ1) is 14.6. The summed E-state index contributed by atoms with van der Waals surface area (Å²) >= 11 is 12.0. The molecular formula is C16H11Cl2N3O. The van der Waals surface area contributed by atoms with Crippen LogP contribution in [0.5, 0.6) is 0 Å². The van der Waals surface area contributed by atoms with Crippen LogP contribution in [-0.2, 0) is 0 Å². The summed E-state index contributed by atoms with van der Waals surface area (Å²) in [4.78, 5) is 15.1. The molecule has 0 atom stereocenters. The molecule has 3 aromatic rings. The summed E-state index contributed by atoms with van der Waals surface area (Å²) in [6, 6.07) is 14.5. The Morgan fingerprint density at radius 2 is 1.82 bits per heavy atom. The fourth-order valence-corrected chi connectivity index (χ4v) is 2.46. The summed E-state index contributed by atoms with van der Waals surface area (Å²) in [6.45, 7) is 0. The highest BCUT2D eigenvalue weighted by molar-refractivity contribution is 6.38. The molecule has 0 aliphatic carbocycles. The van der Waals surface area contributed by atoms with E-state index in [0.717, 1.165) is 16.5 Å². The minimum absolute atomic E-state index is 0.288. The van der Waals surface area contributed by atoms with E-state index in [4.69, 9.17) is 23.2 Å². The fourth-order valence-electron chi connectivity index (χ4n) is 2.03. The first-order chi connectivity index (χ1) is 10.6. The van der Waals surface area contributed by atoms with Gasteiger partial charge in [-0.25, -0.2) is 5.43 Å². The molecule has 22 heavy (non-hydrogen) atoms. The first-order valence-electron chi connectivity index (χ1n) is 6.50. The second kappa shape index (κ2) is 6.22. The molecule has 0 fully saturated rings. The standard InChI is InChI=1S/C16H11Cl2N3O/c17-11-7-5-10(6-8-11)9-19-21-16(22)15-14(18)12-3-1-2-4-13(12)20-15/h1-9,20H,(H,21,22)/b19-9+. The number of H-pyrrole nitrogens is 1. The number of aromatic amines is 1. The van der Waals surface area contributed by atoms with Crippen LogP contribution in [0.15, 0.2) is 53.6 Å². The molecular weight excluding hydrogens is 321 g/mol. The number of hydrogen-bond acceptors (Lipinski definition) is 2. The van der Waals surface area contributed by atoms with Gasteiger partial charge in [0.1, 0.15) is 5.69 Å². The number of carbonyl (C=O) groups is 1. The number of halogens is 2. The fraction of sp³-hybridized carbons (Fsp3) is 0. The molecule has 3 rings (SSSR count). The van der Waals surface area contributed by atoms with E-state index in [0.29, 0.717) is 10.0 Å². The molecule has 1 amide bonds. The molecule has 0 bridgehead atoms. The van der Waals surface area contributed by atoms with Crippen LogP contribution in [0.2, 0.25) is 10.0 Å². The number of amides is 1. The summed E-state index contributed by atoms with van der Waals surface area (Å²) in [7, 11) is 0. The lowest BCUT2D eigenvalue weighted by molar-refractivity contribution is 0.0951. The Hall–Kier alpha value is -2.30. The van der Waals surface area contributed by atoms with Gasteiger partial charge in [0.05, 0.1) is 11.2 Å². The van der Waals surface area contributed by atoms with Crippen molar-refractivity contribution >= 4 is 46.2 Å². The quantitative estimate of drug-likeness (QED) is 0.547. The smallest absolute Gasteiger partial charge is 0.289 e. The second-order valence-corrected chi connectivity index (χ2v) is 5.42. The molecule has 2 aromatic carbocycles. The molecule has 0 saturated carbocycles. The van der Waals surface area contributed by atoms with Crippen molar-refractivity contribution in [3.8, 4) is 0 Å². The zero-order valence-corrected chi connectivity index (χ0v) is 12.8. The molecule has 2 N–H and O–H groups in total. The minimum Gasteiger partial charge on any atom is -0.349 e. The summed E-state index contributed by atoms with van der Waals surface area (Å²) < 4.78 is 0. The molecule has 0 spiro atoms. The number of hydrazone groups is 1. The number of nitrogens with zero attached hydrogens (tertiary/aromatic N) is 1. The van der Waals surface area contributed by atoms with E-state index in [-0.39, 0.29) is 5.69 Å². The van der Waals surface area contributed by atoms with Gasteiger partial charge >= 0.3 is 0 Å². The molecule has 0 radical (unpaired) electrons. The van der Waals surface area contributed by atoms with E-state index in [1.54, 1.807) is 24.3 Å². The van der Waals surface area contributed by atoms with Crippen molar-refractivity contribution in [3.63, 3.8) is 0 Å². The predicted molar refractivity (Wildman–Crippen MR) is 89.8 cm³/mol. The normalized spacial score (nSPS) is 11.2. The highest BCUT2D eigenvalue weighted by Crippen LogP contribution is 2.26.